The molecule has 1 N–H and O–H groups in total. The van der Waals surface area contributed by atoms with Crippen molar-refractivity contribution in [2.24, 2.45) is 0 Å². The minimum Gasteiger partial charge on any atom is -0.495 e. The Morgan fingerprint density at radius 3 is 2.76 bits per heavy atom. The number of carbonyl (C=O) groups excluding carboxylic acids is 1. The van der Waals surface area contributed by atoms with E-state index < -0.39 is 0 Å². The van der Waals surface area contributed by atoms with E-state index in [-0.39, 0.29) is 12.5 Å². The molecule has 0 saturated heterocycles. The molecule has 0 fully saturated rings. The number of hydrogen-bond donors (Lipinski definition) is 1. The van der Waals surface area contributed by atoms with Gasteiger partial charge in [-0.3, -0.25) is 9.89 Å². The molecule has 3 aromatic carbocycles. The van der Waals surface area contributed by atoms with Gasteiger partial charge in [0.2, 0.25) is 5.91 Å². The molecule has 0 bridgehead atoms. The standard InChI is InChI=1S/C25H21ClN6O2/c1-34-24-12-18(19-13-27-28-14-19)9-10-23(24)31(15-17-5-4-6-20(26)11-17)25(33)16-32-22-8-3-2-7-21(22)29-30-32/h2-14H,15-16H2,1H3,(H,27,28). The van der Waals surface area contributed by atoms with Crippen LogP contribution in [0.15, 0.2) is 79.1 Å². The first kappa shape index (κ1) is 21.7. The number of aromatic amines is 1. The summed E-state index contributed by atoms with van der Waals surface area (Å²) in [7, 11) is 1.59. The first-order valence-corrected chi connectivity index (χ1v) is 11.0. The second-order valence-electron chi connectivity index (χ2n) is 7.72. The van der Waals surface area contributed by atoms with Crippen LogP contribution in [0.2, 0.25) is 5.02 Å². The van der Waals surface area contributed by atoms with Crippen LogP contribution in [0.3, 0.4) is 0 Å². The molecule has 9 heteroatoms. The van der Waals surface area contributed by atoms with Crippen LogP contribution in [0, 0.1) is 0 Å². The minimum atomic E-state index is -0.162. The minimum absolute atomic E-state index is 0.0215. The lowest BCUT2D eigenvalue weighted by atomic mass is 10.1. The summed E-state index contributed by atoms with van der Waals surface area (Å²) in [4.78, 5) is 15.3. The highest BCUT2D eigenvalue weighted by molar-refractivity contribution is 6.30. The molecule has 0 saturated carbocycles. The highest BCUT2D eigenvalue weighted by Gasteiger charge is 2.22. The number of amides is 1. The van der Waals surface area contributed by atoms with E-state index >= 15 is 0 Å². The van der Waals surface area contributed by atoms with E-state index in [0.29, 0.717) is 23.0 Å². The number of carbonyl (C=O) groups is 1. The molecule has 5 rings (SSSR count). The third-order valence-corrected chi connectivity index (χ3v) is 5.77. The van der Waals surface area contributed by atoms with E-state index in [1.807, 2.05) is 60.7 Å². The van der Waals surface area contributed by atoms with Gasteiger partial charge in [0.05, 0.1) is 31.1 Å². The number of ether oxygens (including phenoxy) is 1. The Bertz CT molecular complexity index is 1450. The smallest absolute Gasteiger partial charge is 0.249 e. The van der Waals surface area contributed by atoms with Crippen molar-refractivity contribution >= 4 is 34.2 Å². The van der Waals surface area contributed by atoms with E-state index in [1.165, 1.54) is 0 Å². The van der Waals surface area contributed by atoms with Crippen molar-refractivity contribution in [1.29, 1.82) is 0 Å². The van der Waals surface area contributed by atoms with Gasteiger partial charge in [0, 0.05) is 16.8 Å². The van der Waals surface area contributed by atoms with E-state index in [4.69, 9.17) is 16.3 Å². The van der Waals surface area contributed by atoms with Crippen LogP contribution in [0.4, 0.5) is 5.69 Å². The van der Waals surface area contributed by atoms with Gasteiger partial charge in [-0.05, 0) is 47.5 Å². The van der Waals surface area contributed by atoms with Crippen molar-refractivity contribution < 1.29 is 9.53 Å². The lowest BCUT2D eigenvalue weighted by molar-refractivity contribution is -0.119. The van der Waals surface area contributed by atoms with Crippen LogP contribution in [0.1, 0.15) is 5.56 Å². The van der Waals surface area contributed by atoms with Gasteiger partial charge < -0.3 is 9.64 Å². The van der Waals surface area contributed by atoms with Crippen LogP contribution in [0.25, 0.3) is 22.2 Å². The Balaban J connectivity index is 1.53. The molecule has 170 valence electrons. The highest BCUT2D eigenvalue weighted by atomic mass is 35.5. The third-order valence-electron chi connectivity index (χ3n) is 5.54. The number of halogens is 1. The predicted octanol–water partition coefficient (Wildman–Crippen LogP) is 4.72. The van der Waals surface area contributed by atoms with Crippen molar-refractivity contribution in [3.05, 3.63) is 89.7 Å². The molecule has 8 nitrogen and oxygen atoms in total. The lowest BCUT2D eigenvalue weighted by Gasteiger charge is -2.25. The van der Waals surface area contributed by atoms with Gasteiger partial charge in [-0.15, -0.1) is 5.10 Å². The van der Waals surface area contributed by atoms with E-state index in [0.717, 1.165) is 27.7 Å². The SMILES string of the molecule is COc1cc(-c2cn[nH]c2)ccc1N(Cc1cccc(Cl)c1)C(=O)Cn1nnc2ccccc21. The molecular weight excluding hydrogens is 452 g/mol. The number of hydrogen-bond acceptors (Lipinski definition) is 5. The molecule has 0 spiro atoms. The molecule has 0 atom stereocenters. The molecule has 0 aliphatic carbocycles. The molecule has 1 amide bonds. The monoisotopic (exact) mass is 472 g/mol. The van der Waals surface area contributed by atoms with Crippen molar-refractivity contribution in [2.75, 3.05) is 12.0 Å². The fraction of sp³-hybridized carbons (Fsp3) is 0.120. The number of methoxy groups -OCH3 is 1. The number of benzene rings is 3. The van der Waals surface area contributed by atoms with Gasteiger partial charge in [0.1, 0.15) is 17.8 Å². The Labute approximate surface area is 200 Å². The maximum Gasteiger partial charge on any atom is 0.249 e. The molecule has 0 aliphatic heterocycles. The van der Waals surface area contributed by atoms with Gasteiger partial charge >= 0.3 is 0 Å². The van der Waals surface area contributed by atoms with Gasteiger partial charge in [0.15, 0.2) is 0 Å². The van der Waals surface area contributed by atoms with Crippen LogP contribution >= 0.6 is 11.6 Å². The molecule has 5 aromatic rings. The van der Waals surface area contributed by atoms with Crippen molar-refractivity contribution in [1.82, 2.24) is 25.2 Å². The van der Waals surface area contributed by atoms with E-state index in [1.54, 1.807) is 35.2 Å². The quantitative estimate of drug-likeness (QED) is 0.370. The summed E-state index contributed by atoms with van der Waals surface area (Å²) in [6.45, 7) is 0.334. The highest BCUT2D eigenvalue weighted by Crippen LogP contribution is 2.34. The third kappa shape index (κ3) is 4.35. The number of nitrogens with one attached hydrogen (secondary N) is 1. The summed E-state index contributed by atoms with van der Waals surface area (Å²) in [5, 5.41) is 15.8. The average Bonchev–Trinajstić information content (AvgIpc) is 3.53. The summed E-state index contributed by atoms with van der Waals surface area (Å²) < 4.78 is 7.30. The number of fused-ring (bicyclic) bond motifs is 1. The number of aromatic nitrogens is 5. The molecular formula is C25H21ClN6O2. The molecule has 2 heterocycles. The van der Waals surface area contributed by atoms with Crippen LogP contribution in [-0.2, 0) is 17.9 Å². The lowest BCUT2D eigenvalue weighted by Crippen LogP contribution is -2.34. The summed E-state index contributed by atoms with van der Waals surface area (Å²) in [5.74, 6) is 0.405. The number of para-hydroxylation sites is 1. The normalized spacial score (nSPS) is 11.0. The van der Waals surface area contributed by atoms with E-state index in [2.05, 4.69) is 20.5 Å². The molecule has 0 radical (unpaired) electrons. The second-order valence-corrected chi connectivity index (χ2v) is 8.16. The number of anilines is 1. The fourth-order valence-electron chi connectivity index (χ4n) is 3.86. The van der Waals surface area contributed by atoms with Gasteiger partial charge in [0.25, 0.3) is 0 Å². The van der Waals surface area contributed by atoms with E-state index in [9.17, 15) is 4.79 Å². The zero-order valence-electron chi connectivity index (χ0n) is 18.4. The maximum atomic E-state index is 13.7. The zero-order valence-corrected chi connectivity index (χ0v) is 19.1. The molecule has 34 heavy (non-hydrogen) atoms. The zero-order chi connectivity index (χ0) is 23.5. The van der Waals surface area contributed by atoms with Gasteiger partial charge in [-0.1, -0.05) is 47.1 Å². The average molecular weight is 473 g/mol. The first-order chi connectivity index (χ1) is 16.6. The topological polar surface area (TPSA) is 88.9 Å². The van der Waals surface area contributed by atoms with Crippen molar-refractivity contribution in [2.45, 2.75) is 13.1 Å². The predicted molar refractivity (Wildman–Crippen MR) is 131 cm³/mol. The Kier molecular flexibility index (Phi) is 5.97. The summed E-state index contributed by atoms with van der Waals surface area (Å²) in [6, 6.07) is 20.7. The van der Waals surface area contributed by atoms with Crippen molar-refractivity contribution in [3.8, 4) is 16.9 Å². The first-order valence-electron chi connectivity index (χ1n) is 10.6. The Morgan fingerprint density at radius 1 is 1.09 bits per heavy atom. The van der Waals surface area contributed by atoms with Crippen LogP contribution in [0.5, 0.6) is 5.75 Å². The number of rotatable bonds is 7. The maximum absolute atomic E-state index is 13.7. The summed E-state index contributed by atoms with van der Waals surface area (Å²) in [5.41, 5.74) is 4.91. The molecule has 0 unspecified atom stereocenters. The Hall–Kier alpha value is -4.17. The summed E-state index contributed by atoms with van der Waals surface area (Å²) in [6.07, 6.45) is 3.54. The van der Waals surface area contributed by atoms with Crippen molar-refractivity contribution in [3.63, 3.8) is 0 Å². The number of H-pyrrole nitrogens is 1. The Morgan fingerprint density at radius 2 is 1.97 bits per heavy atom. The number of nitrogens with zero attached hydrogens (tertiary/aromatic N) is 5. The largest absolute Gasteiger partial charge is 0.495 e. The summed E-state index contributed by atoms with van der Waals surface area (Å²) >= 11 is 6.21. The van der Waals surface area contributed by atoms with Gasteiger partial charge in [-0.2, -0.15) is 5.10 Å². The van der Waals surface area contributed by atoms with Gasteiger partial charge in [-0.25, -0.2) is 4.68 Å². The van der Waals surface area contributed by atoms with Crippen LogP contribution in [-0.4, -0.2) is 38.2 Å². The molecule has 0 aliphatic rings. The molecule has 2 aromatic heterocycles. The fourth-order valence-corrected chi connectivity index (χ4v) is 4.08. The van der Waals surface area contributed by atoms with Crippen LogP contribution < -0.4 is 9.64 Å². The second kappa shape index (κ2) is 9.36.